The molecule has 2 heterocycles. The number of hydrogen-bond acceptors (Lipinski definition) is 5. The fraction of sp³-hybridized carbons (Fsp3) is 0.240. The summed E-state index contributed by atoms with van der Waals surface area (Å²) < 4.78 is 0. The molecule has 0 fully saturated rings. The second kappa shape index (κ2) is 6.72. The first kappa shape index (κ1) is 20.3. The van der Waals surface area contributed by atoms with Gasteiger partial charge in [-0.15, -0.1) is 0 Å². The summed E-state index contributed by atoms with van der Waals surface area (Å²) in [6.07, 6.45) is 0.780. The zero-order chi connectivity index (χ0) is 22.8. The van der Waals surface area contributed by atoms with Gasteiger partial charge in [-0.2, -0.15) is 5.26 Å². The molecule has 3 aliphatic rings. The van der Waals surface area contributed by atoms with E-state index in [1.54, 1.807) is 47.4 Å². The highest BCUT2D eigenvalue weighted by Gasteiger charge is 2.61. The SMILES string of the molecule is CC1(C)CC(=O)C2=C(C1)N(c1cccc(Cl)c1)C(N)=C(C#N)C21C(=O)Nc2ccccc21. The lowest BCUT2D eigenvalue weighted by Crippen LogP contribution is -2.52. The number of halogens is 1. The van der Waals surface area contributed by atoms with Gasteiger partial charge in [0, 0.05) is 39.7 Å². The van der Waals surface area contributed by atoms with Crippen LogP contribution in [0.25, 0.3) is 0 Å². The molecule has 2 aromatic rings. The van der Waals surface area contributed by atoms with E-state index in [9.17, 15) is 14.9 Å². The van der Waals surface area contributed by atoms with Gasteiger partial charge < -0.3 is 11.1 Å². The molecule has 1 amide bonds. The van der Waals surface area contributed by atoms with Crippen LogP contribution < -0.4 is 16.0 Å². The smallest absolute Gasteiger partial charge is 0.245 e. The lowest BCUT2D eigenvalue weighted by Gasteiger charge is -2.46. The normalized spacial score (nSPS) is 23.8. The molecule has 1 unspecified atom stereocenters. The number of anilines is 2. The Morgan fingerprint density at radius 1 is 1.12 bits per heavy atom. The van der Waals surface area contributed by atoms with Crippen molar-refractivity contribution in [3.63, 3.8) is 0 Å². The van der Waals surface area contributed by atoms with Gasteiger partial charge in [-0.25, -0.2) is 0 Å². The second-order valence-electron chi connectivity index (χ2n) is 9.20. The average molecular weight is 445 g/mol. The topological polar surface area (TPSA) is 99.2 Å². The van der Waals surface area contributed by atoms with E-state index in [1.807, 2.05) is 19.9 Å². The van der Waals surface area contributed by atoms with E-state index in [0.717, 1.165) is 0 Å². The number of hydrogen-bond donors (Lipinski definition) is 2. The molecule has 5 rings (SSSR count). The molecule has 3 N–H and O–H groups in total. The highest BCUT2D eigenvalue weighted by atomic mass is 35.5. The fourth-order valence-corrected chi connectivity index (χ4v) is 5.47. The van der Waals surface area contributed by atoms with Crippen LogP contribution in [-0.4, -0.2) is 11.7 Å². The van der Waals surface area contributed by atoms with E-state index in [4.69, 9.17) is 17.3 Å². The van der Waals surface area contributed by atoms with Crippen molar-refractivity contribution in [1.29, 1.82) is 5.26 Å². The standard InChI is InChI=1S/C25H21ClN4O2/c1-24(2)11-19-21(20(31)12-24)25(16-8-3-4-9-18(16)29-23(25)32)17(13-27)22(28)30(19)15-7-5-6-14(26)10-15/h3-10H,11-12,28H2,1-2H3,(H,29,32). The third-order valence-corrected chi connectivity index (χ3v) is 6.70. The minimum atomic E-state index is -1.56. The van der Waals surface area contributed by atoms with Gasteiger partial charge in [0.1, 0.15) is 17.3 Å². The van der Waals surface area contributed by atoms with Crippen molar-refractivity contribution in [2.45, 2.75) is 32.1 Å². The lowest BCUT2D eigenvalue weighted by atomic mass is 9.61. The zero-order valence-electron chi connectivity index (χ0n) is 17.7. The van der Waals surface area contributed by atoms with Gasteiger partial charge in [-0.3, -0.25) is 14.5 Å². The molecule has 32 heavy (non-hydrogen) atoms. The number of ketones is 1. The van der Waals surface area contributed by atoms with Gasteiger partial charge >= 0.3 is 0 Å². The molecule has 0 radical (unpaired) electrons. The number of benzene rings is 2. The molecule has 7 heteroatoms. The number of nitrogens with one attached hydrogen (secondary N) is 1. The van der Waals surface area contributed by atoms with Crippen molar-refractivity contribution in [2.75, 3.05) is 10.2 Å². The molecule has 0 saturated carbocycles. The number of allylic oxidation sites excluding steroid dienone is 1. The first-order valence-electron chi connectivity index (χ1n) is 10.3. The Bertz CT molecular complexity index is 1320. The molecule has 0 aromatic heterocycles. The number of rotatable bonds is 1. The summed E-state index contributed by atoms with van der Waals surface area (Å²) >= 11 is 6.26. The van der Waals surface area contributed by atoms with Crippen molar-refractivity contribution in [3.8, 4) is 6.07 Å². The third kappa shape index (κ3) is 2.58. The molecular formula is C25H21ClN4O2. The minimum absolute atomic E-state index is 0.0479. The summed E-state index contributed by atoms with van der Waals surface area (Å²) in [5.74, 6) is -0.453. The van der Waals surface area contributed by atoms with Crippen molar-refractivity contribution < 1.29 is 9.59 Å². The van der Waals surface area contributed by atoms with Crippen LogP contribution in [0, 0.1) is 16.7 Å². The minimum Gasteiger partial charge on any atom is -0.384 e. The molecule has 1 spiro atoms. The van der Waals surface area contributed by atoms with E-state index >= 15 is 0 Å². The van der Waals surface area contributed by atoms with Crippen LogP contribution in [0.1, 0.15) is 32.3 Å². The fourth-order valence-electron chi connectivity index (χ4n) is 5.28. The third-order valence-electron chi connectivity index (χ3n) is 6.47. The number of carbonyl (C=O) groups is 2. The molecule has 1 aliphatic carbocycles. The van der Waals surface area contributed by atoms with Crippen LogP contribution in [0.5, 0.6) is 0 Å². The van der Waals surface area contributed by atoms with Crippen molar-refractivity contribution in [2.24, 2.45) is 11.1 Å². The van der Waals surface area contributed by atoms with E-state index < -0.39 is 11.3 Å². The number of Topliss-reactive ketones (excluding diaryl/α,β-unsaturated/α-hetero) is 1. The van der Waals surface area contributed by atoms with Crippen molar-refractivity contribution >= 4 is 34.7 Å². The predicted octanol–water partition coefficient (Wildman–Crippen LogP) is 4.39. The molecular weight excluding hydrogens is 424 g/mol. The lowest BCUT2D eigenvalue weighted by molar-refractivity contribution is -0.123. The highest BCUT2D eigenvalue weighted by Crippen LogP contribution is 2.57. The van der Waals surface area contributed by atoms with Crippen LogP contribution in [0.4, 0.5) is 11.4 Å². The number of nitriles is 1. The Balaban J connectivity index is 1.91. The zero-order valence-corrected chi connectivity index (χ0v) is 18.5. The van der Waals surface area contributed by atoms with E-state index in [1.165, 1.54) is 0 Å². The van der Waals surface area contributed by atoms with Crippen LogP contribution in [0.2, 0.25) is 5.02 Å². The molecule has 0 bridgehead atoms. The van der Waals surface area contributed by atoms with Crippen molar-refractivity contribution in [1.82, 2.24) is 0 Å². The van der Waals surface area contributed by atoms with E-state index in [-0.39, 0.29) is 29.0 Å². The number of nitrogens with two attached hydrogens (primary N) is 1. The average Bonchev–Trinajstić information content (AvgIpc) is 2.99. The van der Waals surface area contributed by atoms with Crippen LogP contribution in [-0.2, 0) is 15.0 Å². The summed E-state index contributed by atoms with van der Waals surface area (Å²) in [6, 6.07) is 16.4. The Morgan fingerprint density at radius 2 is 1.88 bits per heavy atom. The second-order valence-corrected chi connectivity index (χ2v) is 9.64. The predicted molar refractivity (Wildman–Crippen MR) is 123 cm³/mol. The number of fused-ring (bicyclic) bond motifs is 3. The van der Waals surface area contributed by atoms with Crippen molar-refractivity contribution in [3.05, 3.63) is 81.8 Å². The Labute approximate surface area is 191 Å². The molecule has 160 valence electrons. The highest BCUT2D eigenvalue weighted by molar-refractivity contribution is 6.30. The number of amides is 1. The van der Waals surface area contributed by atoms with E-state index in [2.05, 4.69) is 11.4 Å². The summed E-state index contributed by atoms with van der Waals surface area (Å²) in [7, 11) is 0. The molecule has 0 saturated heterocycles. The van der Waals surface area contributed by atoms with Gasteiger partial charge in [-0.05, 0) is 36.1 Å². The summed E-state index contributed by atoms with van der Waals surface area (Å²) in [5.41, 5.74) is 7.55. The van der Waals surface area contributed by atoms with Gasteiger partial charge in [0.05, 0.1) is 5.57 Å². The maximum absolute atomic E-state index is 13.7. The van der Waals surface area contributed by atoms with Crippen LogP contribution in [0.15, 0.2) is 71.2 Å². The van der Waals surface area contributed by atoms with Gasteiger partial charge in [0.2, 0.25) is 5.91 Å². The summed E-state index contributed by atoms with van der Waals surface area (Å²) in [5, 5.41) is 13.7. The number of para-hydroxylation sites is 1. The first-order valence-corrected chi connectivity index (χ1v) is 10.7. The molecule has 2 aromatic carbocycles. The number of carbonyl (C=O) groups excluding carboxylic acids is 2. The monoisotopic (exact) mass is 444 g/mol. The van der Waals surface area contributed by atoms with Gasteiger partial charge in [0.15, 0.2) is 5.78 Å². The van der Waals surface area contributed by atoms with E-state index in [0.29, 0.717) is 39.7 Å². The summed E-state index contributed by atoms with van der Waals surface area (Å²) in [4.78, 5) is 29.0. The summed E-state index contributed by atoms with van der Waals surface area (Å²) in [6.45, 7) is 4.03. The van der Waals surface area contributed by atoms with Crippen LogP contribution >= 0.6 is 11.6 Å². The molecule has 6 nitrogen and oxygen atoms in total. The maximum Gasteiger partial charge on any atom is 0.245 e. The van der Waals surface area contributed by atoms with Gasteiger partial charge in [0.25, 0.3) is 0 Å². The largest absolute Gasteiger partial charge is 0.384 e. The van der Waals surface area contributed by atoms with Gasteiger partial charge in [-0.1, -0.05) is 49.7 Å². The molecule has 1 atom stereocenters. The number of nitrogens with zero attached hydrogens (tertiary/aromatic N) is 2. The Hall–Kier alpha value is -3.56. The maximum atomic E-state index is 13.7. The first-order chi connectivity index (χ1) is 15.2. The molecule has 2 aliphatic heterocycles. The Kier molecular flexibility index (Phi) is 4.27. The Morgan fingerprint density at radius 3 is 2.59 bits per heavy atom. The van der Waals surface area contributed by atoms with Crippen LogP contribution in [0.3, 0.4) is 0 Å². The quantitative estimate of drug-likeness (QED) is 0.679.